The number of thiophene rings is 1. The van der Waals surface area contributed by atoms with Crippen LogP contribution in [0.25, 0.3) is 0 Å². The molecule has 1 aliphatic rings. The van der Waals surface area contributed by atoms with Gasteiger partial charge in [0, 0.05) is 17.1 Å². The molecular weight excluding hydrogens is 350 g/mol. The molecule has 1 aromatic heterocycles. The van der Waals surface area contributed by atoms with Crippen molar-refractivity contribution in [2.24, 2.45) is 0 Å². The van der Waals surface area contributed by atoms with Crippen molar-refractivity contribution in [2.75, 3.05) is 19.7 Å². The molecule has 3 rings (SSSR count). The summed E-state index contributed by atoms with van der Waals surface area (Å²) in [6.45, 7) is 2.56. The van der Waals surface area contributed by atoms with E-state index in [-0.39, 0.29) is 18.6 Å². The summed E-state index contributed by atoms with van der Waals surface area (Å²) in [5.41, 5.74) is 2.11. The first-order chi connectivity index (χ1) is 12.7. The van der Waals surface area contributed by atoms with Crippen molar-refractivity contribution >= 4 is 23.3 Å². The maximum absolute atomic E-state index is 12.2. The third kappa shape index (κ3) is 4.30. The molecule has 2 aromatic rings. The van der Waals surface area contributed by atoms with E-state index in [0.29, 0.717) is 24.4 Å². The van der Waals surface area contributed by atoms with Crippen molar-refractivity contribution in [3.8, 4) is 0 Å². The predicted molar refractivity (Wildman–Crippen MR) is 101 cm³/mol. The number of hydrogen-bond donors (Lipinski definition) is 3. The minimum absolute atomic E-state index is 0.0288. The van der Waals surface area contributed by atoms with E-state index in [4.69, 9.17) is 4.74 Å². The van der Waals surface area contributed by atoms with E-state index in [0.717, 1.165) is 10.4 Å². The number of rotatable bonds is 7. The highest BCUT2D eigenvalue weighted by atomic mass is 32.1. The van der Waals surface area contributed by atoms with Crippen LogP contribution in [0.2, 0.25) is 0 Å². The van der Waals surface area contributed by atoms with Gasteiger partial charge < -0.3 is 15.4 Å². The Morgan fingerprint density at radius 3 is 2.77 bits per heavy atom. The zero-order valence-corrected chi connectivity index (χ0v) is 15.3. The van der Waals surface area contributed by atoms with Crippen molar-refractivity contribution < 1.29 is 14.3 Å². The molecule has 0 fully saturated rings. The molecule has 0 bridgehead atoms. The van der Waals surface area contributed by atoms with Gasteiger partial charge in [0.05, 0.1) is 24.8 Å². The Bertz CT molecular complexity index is 788. The third-order valence-electron chi connectivity index (χ3n) is 4.02. The van der Waals surface area contributed by atoms with E-state index in [2.05, 4.69) is 34.1 Å². The molecule has 6 nitrogen and oxygen atoms in total. The smallest absolute Gasteiger partial charge is 0.337 e. The van der Waals surface area contributed by atoms with Crippen LogP contribution in [-0.2, 0) is 9.53 Å². The number of carbonyl (C=O) groups excluding carboxylic acids is 2. The minimum atomic E-state index is -0.413. The highest BCUT2D eigenvalue weighted by Gasteiger charge is 2.24. The average molecular weight is 371 g/mol. The second-order valence-electron chi connectivity index (χ2n) is 5.73. The number of ether oxygens (including phenoxy) is 1. The SMILES string of the molecule is CCOC(=O)C1=C(CN[C@H](c2ccccc2)c2cccs2)NC(=O)NC1. The van der Waals surface area contributed by atoms with Crippen LogP contribution in [0.5, 0.6) is 0 Å². The molecule has 3 N–H and O–H groups in total. The Kier molecular flexibility index (Phi) is 6.04. The molecule has 0 radical (unpaired) electrons. The number of urea groups is 1. The Balaban J connectivity index is 1.82. The Hall–Kier alpha value is -2.64. The molecule has 2 amide bonds. The summed E-state index contributed by atoms with van der Waals surface area (Å²) >= 11 is 1.66. The number of amides is 2. The van der Waals surface area contributed by atoms with Gasteiger partial charge in [-0.15, -0.1) is 11.3 Å². The van der Waals surface area contributed by atoms with Crippen LogP contribution in [0.3, 0.4) is 0 Å². The van der Waals surface area contributed by atoms with Gasteiger partial charge in [0.1, 0.15) is 0 Å². The van der Waals surface area contributed by atoms with Crippen LogP contribution in [-0.4, -0.2) is 31.7 Å². The molecule has 1 aromatic carbocycles. The first-order valence-corrected chi connectivity index (χ1v) is 9.32. The number of nitrogens with one attached hydrogen (secondary N) is 3. The summed E-state index contributed by atoms with van der Waals surface area (Å²) in [4.78, 5) is 25.0. The number of benzene rings is 1. The van der Waals surface area contributed by atoms with Gasteiger partial charge in [0.2, 0.25) is 0 Å². The fourth-order valence-electron chi connectivity index (χ4n) is 2.78. The summed E-state index contributed by atoms with van der Waals surface area (Å²) in [7, 11) is 0. The molecule has 0 saturated heterocycles. The first kappa shape index (κ1) is 18.2. The minimum Gasteiger partial charge on any atom is -0.463 e. The summed E-state index contributed by atoms with van der Waals surface area (Å²) < 4.78 is 5.10. The van der Waals surface area contributed by atoms with Crippen molar-refractivity contribution in [1.29, 1.82) is 0 Å². The van der Waals surface area contributed by atoms with E-state index in [9.17, 15) is 9.59 Å². The van der Waals surface area contributed by atoms with Crippen LogP contribution in [0.4, 0.5) is 4.79 Å². The van der Waals surface area contributed by atoms with Gasteiger partial charge in [-0.25, -0.2) is 9.59 Å². The predicted octanol–water partition coefficient (Wildman–Crippen LogP) is 2.56. The van der Waals surface area contributed by atoms with Gasteiger partial charge in [0.15, 0.2) is 0 Å². The fourth-order valence-corrected chi connectivity index (χ4v) is 3.61. The van der Waals surface area contributed by atoms with Crippen LogP contribution < -0.4 is 16.0 Å². The summed E-state index contributed by atoms with van der Waals surface area (Å²) in [6, 6.07) is 13.8. The maximum Gasteiger partial charge on any atom is 0.337 e. The second kappa shape index (κ2) is 8.64. The van der Waals surface area contributed by atoms with E-state index in [1.165, 1.54) is 0 Å². The molecule has 7 heteroatoms. The topological polar surface area (TPSA) is 79.5 Å². The lowest BCUT2D eigenvalue weighted by Crippen LogP contribution is -2.46. The fraction of sp³-hybridized carbons (Fsp3) is 0.263. The maximum atomic E-state index is 12.2. The normalized spacial score (nSPS) is 15.2. The molecule has 1 aliphatic heterocycles. The van der Waals surface area contributed by atoms with Crippen LogP contribution in [0, 0.1) is 0 Å². The van der Waals surface area contributed by atoms with Crippen molar-refractivity contribution in [2.45, 2.75) is 13.0 Å². The Morgan fingerprint density at radius 2 is 2.08 bits per heavy atom. The zero-order valence-electron chi connectivity index (χ0n) is 14.5. The third-order valence-corrected chi connectivity index (χ3v) is 4.96. The Morgan fingerprint density at radius 1 is 1.27 bits per heavy atom. The van der Waals surface area contributed by atoms with Crippen molar-refractivity contribution in [3.63, 3.8) is 0 Å². The van der Waals surface area contributed by atoms with Gasteiger partial charge in [-0.3, -0.25) is 5.32 Å². The van der Waals surface area contributed by atoms with Gasteiger partial charge in [0.25, 0.3) is 0 Å². The summed E-state index contributed by atoms with van der Waals surface area (Å²) in [6.07, 6.45) is 0. The molecule has 136 valence electrons. The lowest BCUT2D eigenvalue weighted by atomic mass is 10.0. The highest BCUT2D eigenvalue weighted by molar-refractivity contribution is 7.10. The quantitative estimate of drug-likeness (QED) is 0.654. The summed E-state index contributed by atoms with van der Waals surface area (Å²) in [5, 5.41) is 10.8. The molecule has 0 saturated carbocycles. The van der Waals surface area contributed by atoms with Crippen LogP contribution in [0.1, 0.15) is 23.4 Å². The molecule has 0 aliphatic carbocycles. The molecule has 0 spiro atoms. The van der Waals surface area contributed by atoms with Gasteiger partial charge in [-0.2, -0.15) is 0 Å². The van der Waals surface area contributed by atoms with E-state index in [1.54, 1.807) is 18.3 Å². The van der Waals surface area contributed by atoms with Gasteiger partial charge >= 0.3 is 12.0 Å². The monoisotopic (exact) mass is 371 g/mol. The summed E-state index contributed by atoms with van der Waals surface area (Å²) in [5.74, 6) is -0.413. The lowest BCUT2D eigenvalue weighted by Gasteiger charge is -2.24. The van der Waals surface area contributed by atoms with E-state index in [1.807, 2.05) is 29.6 Å². The van der Waals surface area contributed by atoms with Gasteiger partial charge in [-0.1, -0.05) is 36.4 Å². The van der Waals surface area contributed by atoms with E-state index >= 15 is 0 Å². The van der Waals surface area contributed by atoms with Crippen LogP contribution >= 0.6 is 11.3 Å². The highest BCUT2D eigenvalue weighted by Crippen LogP contribution is 2.26. The lowest BCUT2D eigenvalue weighted by molar-refractivity contribution is -0.138. The largest absolute Gasteiger partial charge is 0.463 e. The van der Waals surface area contributed by atoms with Crippen LogP contribution in [0.15, 0.2) is 59.1 Å². The van der Waals surface area contributed by atoms with Crippen molar-refractivity contribution in [1.82, 2.24) is 16.0 Å². The van der Waals surface area contributed by atoms with Gasteiger partial charge in [-0.05, 0) is 23.9 Å². The first-order valence-electron chi connectivity index (χ1n) is 8.44. The molecule has 0 unspecified atom stereocenters. The molecule has 2 heterocycles. The Labute approximate surface area is 156 Å². The van der Waals surface area contributed by atoms with E-state index < -0.39 is 5.97 Å². The molecule has 26 heavy (non-hydrogen) atoms. The standard InChI is InChI=1S/C19H21N3O3S/c1-2-25-18(23)14-11-21-19(24)22-15(14)12-20-17(16-9-6-10-26-16)13-7-4-3-5-8-13/h3-10,17,20H,2,11-12H2,1H3,(H2,21,22,24)/t17-/m1/s1. The van der Waals surface area contributed by atoms with Crippen molar-refractivity contribution in [3.05, 3.63) is 69.6 Å². The second-order valence-corrected chi connectivity index (χ2v) is 6.70. The number of hydrogen-bond acceptors (Lipinski definition) is 5. The number of esters is 1. The zero-order chi connectivity index (χ0) is 18.4. The molecular formula is C19H21N3O3S. The number of carbonyl (C=O) groups is 2. The molecule has 1 atom stereocenters. The average Bonchev–Trinajstić information content (AvgIpc) is 3.17.